The molecule has 1 N–H and O–H groups in total. The van der Waals surface area contributed by atoms with Gasteiger partial charge in [-0.15, -0.1) is 0 Å². The zero-order chi connectivity index (χ0) is 16.7. The number of hydrogen-bond donors (Lipinski definition) is 1. The third-order valence-electron chi connectivity index (χ3n) is 3.06. The van der Waals surface area contributed by atoms with E-state index in [1.165, 1.54) is 7.11 Å². The van der Waals surface area contributed by atoms with Crippen molar-refractivity contribution in [1.29, 1.82) is 0 Å². The highest BCUT2D eigenvalue weighted by atomic mass is 35.5. The molecule has 5 nitrogen and oxygen atoms in total. The van der Waals surface area contributed by atoms with Crippen LogP contribution in [0.15, 0.2) is 54.6 Å². The van der Waals surface area contributed by atoms with E-state index in [2.05, 4.69) is 5.32 Å². The number of nitrogens with one attached hydrogen (secondary N) is 1. The van der Waals surface area contributed by atoms with Crippen LogP contribution >= 0.6 is 11.6 Å². The van der Waals surface area contributed by atoms with Gasteiger partial charge >= 0.3 is 5.97 Å². The molecule has 1 unspecified atom stereocenters. The van der Waals surface area contributed by atoms with Gasteiger partial charge in [0.1, 0.15) is 5.75 Å². The topological polar surface area (TPSA) is 64.6 Å². The highest BCUT2D eigenvalue weighted by Crippen LogP contribution is 2.16. The molecular weight excluding hydrogens is 318 g/mol. The Hall–Kier alpha value is -2.53. The Morgan fingerprint density at radius 1 is 1.09 bits per heavy atom. The standard InChI is InChI=1S/C17H16ClNO4/c1-22-17(21)16(12-5-3-2-4-6-12)19-15(20)11-23-14-9-7-13(18)8-10-14/h2-10,16H,11H2,1H3,(H,19,20). The second kappa shape index (κ2) is 8.19. The van der Waals surface area contributed by atoms with Crippen molar-refractivity contribution in [1.82, 2.24) is 5.32 Å². The number of amides is 1. The summed E-state index contributed by atoms with van der Waals surface area (Å²) >= 11 is 5.78. The number of methoxy groups -OCH3 is 1. The molecular formula is C17H16ClNO4. The van der Waals surface area contributed by atoms with Crippen molar-refractivity contribution in [2.24, 2.45) is 0 Å². The molecule has 0 aliphatic heterocycles. The molecule has 0 aliphatic rings. The lowest BCUT2D eigenvalue weighted by Gasteiger charge is -2.17. The second-order valence-electron chi connectivity index (χ2n) is 4.68. The van der Waals surface area contributed by atoms with Crippen LogP contribution in [0.3, 0.4) is 0 Å². The smallest absolute Gasteiger partial charge is 0.333 e. The lowest BCUT2D eigenvalue weighted by molar-refractivity contribution is -0.145. The number of esters is 1. The zero-order valence-electron chi connectivity index (χ0n) is 12.5. The number of ether oxygens (including phenoxy) is 2. The van der Waals surface area contributed by atoms with Gasteiger partial charge in [0.25, 0.3) is 5.91 Å². The van der Waals surface area contributed by atoms with Crippen molar-refractivity contribution in [3.05, 3.63) is 65.2 Å². The number of hydrogen-bond acceptors (Lipinski definition) is 4. The van der Waals surface area contributed by atoms with Gasteiger partial charge in [0.15, 0.2) is 12.6 Å². The van der Waals surface area contributed by atoms with E-state index in [1.807, 2.05) is 6.07 Å². The maximum Gasteiger partial charge on any atom is 0.333 e. The summed E-state index contributed by atoms with van der Waals surface area (Å²) in [5.74, 6) is -0.464. The maximum absolute atomic E-state index is 12.0. The average Bonchev–Trinajstić information content (AvgIpc) is 2.59. The Morgan fingerprint density at radius 2 is 1.74 bits per heavy atom. The van der Waals surface area contributed by atoms with Crippen molar-refractivity contribution in [3.63, 3.8) is 0 Å². The van der Waals surface area contributed by atoms with Gasteiger partial charge in [0.2, 0.25) is 0 Å². The Labute approximate surface area is 139 Å². The fourth-order valence-corrected chi connectivity index (χ4v) is 2.05. The highest BCUT2D eigenvalue weighted by Gasteiger charge is 2.23. The van der Waals surface area contributed by atoms with E-state index in [1.54, 1.807) is 48.5 Å². The Morgan fingerprint density at radius 3 is 2.35 bits per heavy atom. The van der Waals surface area contributed by atoms with Gasteiger partial charge in [0.05, 0.1) is 7.11 Å². The fraction of sp³-hybridized carbons (Fsp3) is 0.176. The lowest BCUT2D eigenvalue weighted by atomic mass is 10.1. The fourth-order valence-electron chi connectivity index (χ4n) is 1.92. The van der Waals surface area contributed by atoms with Gasteiger partial charge in [-0.25, -0.2) is 4.79 Å². The van der Waals surface area contributed by atoms with E-state index in [0.717, 1.165) is 0 Å². The first-order valence-corrected chi connectivity index (χ1v) is 7.28. The lowest BCUT2D eigenvalue weighted by Crippen LogP contribution is -2.37. The molecule has 0 fully saturated rings. The van der Waals surface area contributed by atoms with Crippen LogP contribution in [-0.2, 0) is 14.3 Å². The van der Waals surface area contributed by atoms with Crippen LogP contribution in [0.1, 0.15) is 11.6 Å². The summed E-state index contributed by atoms with van der Waals surface area (Å²) < 4.78 is 10.1. The van der Waals surface area contributed by atoms with E-state index >= 15 is 0 Å². The van der Waals surface area contributed by atoms with Gasteiger partial charge < -0.3 is 14.8 Å². The molecule has 0 radical (unpaired) electrons. The van der Waals surface area contributed by atoms with Crippen molar-refractivity contribution in [3.8, 4) is 5.75 Å². The number of benzene rings is 2. The molecule has 0 bridgehead atoms. The minimum Gasteiger partial charge on any atom is -0.484 e. The Balaban J connectivity index is 1.97. The molecule has 0 aliphatic carbocycles. The normalized spacial score (nSPS) is 11.4. The maximum atomic E-state index is 12.0. The minimum absolute atomic E-state index is 0.220. The predicted molar refractivity (Wildman–Crippen MR) is 86.3 cm³/mol. The second-order valence-corrected chi connectivity index (χ2v) is 5.11. The molecule has 0 saturated carbocycles. The van der Waals surface area contributed by atoms with Crippen LogP contribution in [0.4, 0.5) is 0 Å². The molecule has 1 amide bonds. The SMILES string of the molecule is COC(=O)C(NC(=O)COc1ccc(Cl)cc1)c1ccccc1. The summed E-state index contributed by atoms with van der Waals surface area (Å²) in [6.45, 7) is -0.220. The molecule has 23 heavy (non-hydrogen) atoms. The molecule has 0 heterocycles. The molecule has 0 saturated heterocycles. The van der Waals surface area contributed by atoms with Crippen molar-refractivity contribution >= 4 is 23.5 Å². The molecule has 120 valence electrons. The van der Waals surface area contributed by atoms with Crippen molar-refractivity contribution in [2.45, 2.75) is 6.04 Å². The Kier molecular flexibility index (Phi) is 6.00. The van der Waals surface area contributed by atoms with E-state index in [9.17, 15) is 9.59 Å². The predicted octanol–water partition coefficient (Wildman–Crippen LogP) is 2.75. The van der Waals surface area contributed by atoms with Crippen LogP contribution in [0.2, 0.25) is 5.02 Å². The van der Waals surface area contributed by atoms with Gasteiger partial charge in [0, 0.05) is 5.02 Å². The summed E-state index contributed by atoms with van der Waals surface area (Å²) in [6, 6.07) is 14.6. The summed E-state index contributed by atoms with van der Waals surface area (Å²) in [4.78, 5) is 23.9. The number of rotatable bonds is 6. The van der Waals surface area contributed by atoms with Gasteiger partial charge in [-0.05, 0) is 29.8 Å². The first-order valence-electron chi connectivity index (χ1n) is 6.90. The molecule has 0 spiro atoms. The molecule has 6 heteroatoms. The summed E-state index contributed by atoms with van der Waals surface area (Å²) in [7, 11) is 1.27. The van der Waals surface area contributed by atoms with E-state index in [4.69, 9.17) is 21.1 Å². The summed E-state index contributed by atoms with van der Waals surface area (Å²) in [5, 5.41) is 3.18. The minimum atomic E-state index is -0.873. The van der Waals surface area contributed by atoms with Crippen LogP contribution < -0.4 is 10.1 Å². The molecule has 2 rings (SSSR count). The molecule has 1 atom stereocenters. The largest absolute Gasteiger partial charge is 0.484 e. The average molecular weight is 334 g/mol. The summed E-state index contributed by atoms with van der Waals surface area (Å²) in [6.07, 6.45) is 0. The van der Waals surface area contributed by atoms with Crippen molar-refractivity contribution in [2.75, 3.05) is 13.7 Å². The first kappa shape index (κ1) is 16.8. The molecule has 2 aromatic rings. The number of halogens is 1. The monoisotopic (exact) mass is 333 g/mol. The van der Waals surface area contributed by atoms with Gasteiger partial charge in [-0.1, -0.05) is 41.9 Å². The molecule has 0 aromatic heterocycles. The van der Waals surface area contributed by atoms with E-state index in [-0.39, 0.29) is 6.61 Å². The quantitative estimate of drug-likeness (QED) is 0.826. The third-order valence-corrected chi connectivity index (χ3v) is 3.31. The van der Waals surface area contributed by atoms with E-state index in [0.29, 0.717) is 16.3 Å². The highest BCUT2D eigenvalue weighted by molar-refractivity contribution is 6.30. The van der Waals surface area contributed by atoms with Crippen LogP contribution in [0.25, 0.3) is 0 Å². The Bertz CT molecular complexity index is 658. The molecule has 2 aromatic carbocycles. The van der Waals surface area contributed by atoms with Crippen LogP contribution in [0.5, 0.6) is 5.75 Å². The zero-order valence-corrected chi connectivity index (χ0v) is 13.2. The summed E-state index contributed by atoms with van der Waals surface area (Å²) in [5.41, 5.74) is 0.638. The van der Waals surface area contributed by atoms with E-state index < -0.39 is 17.9 Å². The van der Waals surface area contributed by atoms with Crippen LogP contribution in [0, 0.1) is 0 Å². The van der Waals surface area contributed by atoms with Gasteiger partial charge in [-0.2, -0.15) is 0 Å². The van der Waals surface area contributed by atoms with Crippen molar-refractivity contribution < 1.29 is 19.1 Å². The number of carbonyl (C=O) groups excluding carboxylic acids is 2. The van der Waals surface area contributed by atoms with Gasteiger partial charge in [-0.3, -0.25) is 4.79 Å². The third kappa shape index (κ3) is 5.00. The van der Waals surface area contributed by atoms with Crippen LogP contribution in [-0.4, -0.2) is 25.6 Å². The number of carbonyl (C=O) groups is 2. The first-order chi connectivity index (χ1) is 11.1.